The number of ether oxygens (including phenoxy) is 1. The molecule has 2 aliphatic rings. The average Bonchev–Trinajstić information content (AvgIpc) is 3.42. The topological polar surface area (TPSA) is 132 Å². The van der Waals surface area contributed by atoms with Crippen molar-refractivity contribution >= 4 is 11.9 Å². The summed E-state index contributed by atoms with van der Waals surface area (Å²) in [6, 6.07) is 5.87. The van der Waals surface area contributed by atoms with Crippen LogP contribution in [0.1, 0.15) is 54.7 Å². The summed E-state index contributed by atoms with van der Waals surface area (Å²) in [7, 11) is 0. The Kier molecular flexibility index (Phi) is 8.48. The molecule has 35 heavy (non-hydrogen) atoms. The molecule has 2 fully saturated rings. The normalized spacial score (nSPS) is 24.7. The van der Waals surface area contributed by atoms with Crippen molar-refractivity contribution in [3.05, 3.63) is 48.3 Å². The van der Waals surface area contributed by atoms with E-state index in [1.165, 1.54) is 12.5 Å². The Hall–Kier alpha value is -2.82. The summed E-state index contributed by atoms with van der Waals surface area (Å²) in [4.78, 5) is 41.2. The first-order valence-electron chi connectivity index (χ1n) is 12.4. The molecule has 2 aromatic rings. The highest BCUT2D eigenvalue weighted by Gasteiger charge is 2.42. The second kappa shape index (κ2) is 11.7. The number of nitrogens with zero attached hydrogens (tertiary/aromatic N) is 4. The monoisotopic (exact) mass is 485 g/mol. The Morgan fingerprint density at radius 1 is 1.11 bits per heavy atom. The van der Waals surface area contributed by atoms with E-state index in [9.17, 15) is 19.8 Å². The lowest BCUT2D eigenvalue weighted by molar-refractivity contribution is -0.165. The molecule has 2 saturated heterocycles. The second-order valence-corrected chi connectivity index (χ2v) is 9.61. The molecule has 0 radical (unpaired) electrons. The number of nitrogens with one attached hydrogen (secondary N) is 1. The molecule has 1 amide bonds. The molecule has 0 aromatic carbocycles. The van der Waals surface area contributed by atoms with Crippen molar-refractivity contribution < 1.29 is 24.5 Å². The number of carbonyl (C=O) groups is 2. The van der Waals surface area contributed by atoms with Gasteiger partial charge in [-0.25, -0.2) is 4.98 Å². The number of aromatic amines is 1. The van der Waals surface area contributed by atoms with E-state index in [1.807, 2.05) is 18.2 Å². The van der Waals surface area contributed by atoms with E-state index in [1.54, 1.807) is 11.1 Å². The van der Waals surface area contributed by atoms with Gasteiger partial charge in [0, 0.05) is 25.8 Å². The van der Waals surface area contributed by atoms with E-state index in [-0.39, 0.29) is 31.4 Å². The standard InChI is InChI=1S/C25H35N5O5/c31-21-6-12-30(23(33)20-15-26-18-28-20)11-4-2-7-25(24(34)35-17-22(21)32)8-13-29(14-9-25)16-19-5-1-3-10-27-19/h1,3,5,10,15,18,21-22,31-32H,2,4,6-9,11-14,16-17H2,(H,26,28)/t21-,22+/m0/s1. The molecule has 2 atom stereocenters. The molecule has 2 aromatic heterocycles. The molecule has 1 spiro atoms. The van der Waals surface area contributed by atoms with Gasteiger partial charge in [-0.1, -0.05) is 12.5 Å². The number of likely N-dealkylation sites (tertiary alicyclic amines) is 1. The fourth-order valence-corrected chi connectivity index (χ4v) is 4.95. The number of imidazole rings is 1. The number of aromatic nitrogens is 3. The quantitative estimate of drug-likeness (QED) is 0.556. The van der Waals surface area contributed by atoms with E-state index in [2.05, 4.69) is 19.9 Å². The van der Waals surface area contributed by atoms with Crippen molar-refractivity contribution in [1.82, 2.24) is 24.8 Å². The van der Waals surface area contributed by atoms with Crippen molar-refractivity contribution in [2.75, 3.05) is 32.8 Å². The molecule has 0 aliphatic carbocycles. The lowest BCUT2D eigenvalue weighted by Crippen LogP contribution is -2.46. The minimum atomic E-state index is -1.20. The van der Waals surface area contributed by atoms with Crippen LogP contribution in [-0.4, -0.2) is 91.8 Å². The van der Waals surface area contributed by atoms with E-state index in [0.29, 0.717) is 31.5 Å². The predicted molar refractivity (Wildman–Crippen MR) is 127 cm³/mol. The Morgan fingerprint density at radius 3 is 2.66 bits per heavy atom. The van der Waals surface area contributed by atoms with Crippen LogP contribution in [-0.2, 0) is 16.1 Å². The fourth-order valence-electron chi connectivity index (χ4n) is 4.95. The number of aliphatic hydroxyl groups is 2. The Labute approximate surface area is 205 Å². The van der Waals surface area contributed by atoms with Crippen LogP contribution in [0.3, 0.4) is 0 Å². The number of aliphatic hydroxyl groups excluding tert-OH is 2. The SMILES string of the molecule is O=C(c1cnc[nH]1)N1CCCCC2(CCN(Cc3ccccn3)CC2)C(=O)OC[C@@H](O)[C@@H](O)CC1. The summed E-state index contributed by atoms with van der Waals surface area (Å²) in [5.74, 6) is -0.491. The lowest BCUT2D eigenvalue weighted by Gasteiger charge is -2.40. The molecular weight excluding hydrogens is 450 g/mol. The van der Waals surface area contributed by atoms with Crippen molar-refractivity contribution in [3.8, 4) is 0 Å². The first kappa shape index (κ1) is 25.3. The minimum Gasteiger partial charge on any atom is -0.462 e. The average molecular weight is 486 g/mol. The van der Waals surface area contributed by atoms with Gasteiger partial charge in [-0.2, -0.15) is 0 Å². The molecule has 4 rings (SSSR count). The summed E-state index contributed by atoms with van der Waals surface area (Å²) >= 11 is 0. The number of piperidine rings is 1. The molecule has 0 bridgehead atoms. The lowest BCUT2D eigenvalue weighted by atomic mass is 9.74. The summed E-state index contributed by atoms with van der Waals surface area (Å²) in [5, 5.41) is 20.8. The Morgan fingerprint density at radius 2 is 1.94 bits per heavy atom. The number of rotatable bonds is 3. The third kappa shape index (κ3) is 6.45. The van der Waals surface area contributed by atoms with Crippen LogP contribution in [0.15, 0.2) is 36.9 Å². The number of carbonyl (C=O) groups excluding carboxylic acids is 2. The van der Waals surface area contributed by atoms with Crippen molar-refractivity contribution in [3.63, 3.8) is 0 Å². The van der Waals surface area contributed by atoms with E-state index in [0.717, 1.165) is 38.2 Å². The zero-order valence-electron chi connectivity index (χ0n) is 20.0. The number of esters is 1. The third-order valence-corrected chi connectivity index (χ3v) is 7.23. The van der Waals surface area contributed by atoms with Crippen LogP contribution in [0, 0.1) is 5.41 Å². The van der Waals surface area contributed by atoms with Crippen LogP contribution in [0.2, 0.25) is 0 Å². The molecule has 0 unspecified atom stereocenters. The Balaban J connectivity index is 1.42. The highest BCUT2D eigenvalue weighted by molar-refractivity contribution is 5.92. The minimum absolute atomic E-state index is 0.187. The number of hydrogen-bond acceptors (Lipinski definition) is 8. The maximum absolute atomic E-state index is 13.2. The largest absolute Gasteiger partial charge is 0.462 e. The Bertz CT molecular complexity index is 946. The van der Waals surface area contributed by atoms with Gasteiger partial charge in [-0.3, -0.25) is 19.5 Å². The molecular formula is C25H35N5O5. The first-order valence-corrected chi connectivity index (χ1v) is 12.4. The molecule has 3 N–H and O–H groups in total. The second-order valence-electron chi connectivity index (χ2n) is 9.61. The zero-order chi connectivity index (χ0) is 24.7. The highest BCUT2D eigenvalue weighted by Crippen LogP contribution is 2.38. The van der Waals surface area contributed by atoms with Gasteiger partial charge >= 0.3 is 5.97 Å². The predicted octanol–water partition coefficient (Wildman–Crippen LogP) is 1.37. The van der Waals surface area contributed by atoms with Gasteiger partial charge in [0.1, 0.15) is 18.4 Å². The molecule has 190 valence electrons. The number of H-pyrrole nitrogens is 1. The van der Waals surface area contributed by atoms with Gasteiger partial charge < -0.3 is 24.8 Å². The molecule has 10 heteroatoms. The number of hydrogen-bond donors (Lipinski definition) is 3. The third-order valence-electron chi connectivity index (χ3n) is 7.23. The van der Waals surface area contributed by atoms with E-state index in [4.69, 9.17) is 4.74 Å². The number of pyridine rings is 1. The number of amides is 1. The summed E-state index contributed by atoms with van der Waals surface area (Å²) in [6.45, 7) is 2.77. The molecule has 2 aliphatic heterocycles. The van der Waals surface area contributed by atoms with Crippen LogP contribution in [0.4, 0.5) is 0 Å². The van der Waals surface area contributed by atoms with Crippen molar-refractivity contribution in [1.29, 1.82) is 0 Å². The van der Waals surface area contributed by atoms with Crippen LogP contribution in [0.25, 0.3) is 0 Å². The van der Waals surface area contributed by atoms with Gasteiger partial charge in [0.25, 0.3) is 5.91 Å². The first-order chi connectivity index (χ1) is 17.0. The molecule has 4 heterocycles. The summed E-state index contributed by atoms with van der Waals surface area (Å²) in [5.41, 5.74) is 0.761. The zero-order valence-corrected chi connectivity index (χ0v) is 20.0. The smallest absolute Gasteiger partial charge is 0.312 e. The van der Waals surface area contributed by atoms with Crippen LogP contribution >= 0.6 is 0 Å². The van der Waals surface area contributed by atoms with Gasteiger partial charge in [0.15, 0.2) is 0 Å². The fraction of sp³-hybridized carbons (Fsp3) is 0.600. The molecule has 0 saturated carbocycles. The van der Waals surface area contributed by atoms with E-state index < -0.39 is 17.6 Å². The highest BCUT2D eigenvalue weighted by atomic mass is 16.5. The van der Waals surface area contributed by atoms with Gasteiger partial charge in [0.2, 0.25) is 0 Å². The summed E-state index contributed by atoms with van der Waals surface area (Å²) < 4.78 is 5.54. The maximum Gasteiger partial charge on any atom is 0.312 e. The van der Waals surface area contributed by atoms with Crippen molar-refractivity contribution in [2.45, 2.75) is 57.3 Å². The summed E-state index contributed by atoms with van der Waals surface area (Å²) in [6.07, 6.45) is 6.09. The van der Waals surface area contributed by atoms with Crippen LogP contribution in [0.5, 0.6) is 0 Å². The van der Waals surface area contributed by atoms with Gasteiger partial charge in [-0.15, -0.1) is 0 Å². The molecule has 10 nitrogen and oxygen atoms in total. The van der Waals surface area contributed by atoms with Gasteiger partial charge in [0.05, 0.1) is 29.7 Å². The van der Waals surface area contributed by atoms with Crippen LogP contribution < -0.4 is 0 Å². The van der Waals surface area contributed by atoms with Gasteiger partial charge in [-0.05, 0) is 57.3 Å². The van der Waals surface area contributed by atoms with Crippen molar-refractivity contribution in [2.24, 2.45) is 5.41 Å². The van der Waals surface area contributed by atoms with E-state index >= 15 is 0 Å². The number of cyclic esters (lactones) is 1. The maximum atomic E-state index is 13.2.